The molecule has 1 aliphatic heterocycles. The summed E-state index contributed by atoms with van der Waals surface area (Å²) in [4.78, 5) is 37.9. The summed E-state index contributed by atoms with van der Waals surface area (Å²) in [5.41, 5.74) is 1.29. The Balaban J connectivity index is 1.87. The molecule has 2 aromatic carbocycles. The van der Waals surface area contributed by atoms with Crippen LogP contribution in [0.4, 0.5) is 9.18 Å². The number of ether oxygens (including phenoxy) is 3. The van der Waals surface area contributed by atoms with Gasteiger partial charge in [0.2, 0.25) is 0 Å². The van der Waals surface area contributed by atoms with Gasteiger partial charge in [0, 0.05) is 0 Å². The molecule has 0 N–H and O–H groups in total. The fourth-order valence-electron chi connectivity index (χ4n) is 3.10. The first-order valence-electron chi connectivity index (χ1n) is 9.93. The smallest absolute Gasteiger partial charge is 0.328 e. The van der Waals surface area contributed by atoms with Crippen LogP contribution in [0.3, 0.4) is 0 Å². The van der Waals surface area contributed by atoms with Gasteiger partial charge in [0.1, 0.15) is 18.5 Å². The largest absolute Gasteiger partial charge is 0.490 e. The number of amides is 2. The van der Waals surface area contributed by atoms with E-state index in [1.54, 1.807) is 30.3 Å². The molecule has 7 nitrogen and oxygen atoms in total. The first-order chi connectivity index (χ1) is 15.7. The first kappa shape index (κ1) is 25.0. The summed E-state index contributed by atoms with van der Waals surface area (Å²) in [6, 6.07) is 8.59. The van der Waals surface area contributed by atoms with Crippen LogP contribution in [0.1, 0.15) is 25.0 Å². The van der Waals surface area contributed by atoms with Crippen molar-refractivity contribution >= 4 is 57.5 Å². The van der Waals surface area contributed by atoms with Gasteiger partial charge in [-0.1, -0.05) is 12.1 Å². The number of hydrogen-bond acceptors (Lipinski definition) is 7. The highest BCUT2D eigenvalue weighted by atomic mass is 127. The second-order valence-corrected chi connectivity index (χ2v) is 9.09. The van der Waals surface area contributed by atoms with E-state index in [1.807, 2.05) is 6.92 Å². The van der Waals surface area contributed by atoms with Crippen molar-refractivity contribution in [1.29, 1.82) is 0 Å². The SMILES string of the molecule is CCOc1cc(/C=C2/SC(=O)N([C@@H](C)C(=O)OC)C2=O)cc(I)c1OCc1cccc(F)c1. The molecule has 0 aliphatic carbocycles. The maximum absolute atomic E-state index is 13.4. The van der Waals surface area contributed by atoms with E-state index in [-0.39, 0.29) is 17.3 Å². The van der Waals surface area contributed by atoms with Crippen molar-refractivity contribution in [3.63, 3.8) is 0 Å². The molecule has 33 heavy (non-hydrogen) atoms. The van der Waals surface area contributed by atoms with Crippen LogP contribution in [0.2, 0.25) is 0 Å². The molecule has 0 aromatic heterocycles. The molecule has 0 radical (unpaired) electrons. The number of esters is 1. The number of carbonyl (C=O) groups is 3. The average molecular weight is 585 g/mol. The normalized spacial score (nSPS) is 15.7. The van der Waals surface area contributed by atoms with Gasteiger partial charge in [-0.25, -0.2) is 9.18 Å². The lowest BCUT2D eigenvalue weighted by Crippen LogP contribution is -2.42. The second kappa shape index (κ2) is 11.0. The monoisotopic (exact) mass is 585 g/mol. The summed E-state index contributed by atoms with van der Waals surface area (Å²) < 4.78 is 30.4. The summed E-state index contributed by atoms with van der Waals surface area (Å²) >= 11 is 2.84. The molecule has 0 spiro atoms. The van der Waals surface area contributed by atoms with Gasteiger partial charge in [0.05, 0.1) is 22.2 Å². The van der Waals surface area contributed by atoms with Gasteiger partial charge in [-0.2, -0.15) is 0 Å². The first-order valence-corrected chi connectivity index (χ1v) is 11.8. The Bertz CT molecular complexity index is 1120. The van der Waals surface area contributed by atoms with Crippen LogP contribution in [-0.2, 0) is 20.9 Å². The van der Waals surface area contributed by atoms with Crippen molar-refractivity contribution in [3.8, 4) is 11.5 Å². The minimum Gasteiger partial charge on any atom is -0.490 e. The predicted molar refractivity (Wildman–Crippen MR) is 130 cm³/mol. The number of benzene rings is 2. The Morgan fingerprint density at radius 1 is 1.24 bits per heavy atom. The number of rotatable bonds is 8. The number of thioether (sulfide) groups is 1. The summed E-state index contributed by atoms with van der Waals surface area (Å²) in [7, 11) is 1.20. The Labute approximate surface area is 208 Å². The zero-order chi connectivity index (χ0) is 24.1. The predicted octanol–water partition coefficient (Wildman–Crippen LogP) is 5.01. The number of nitrogens with zero attached hydrogens (tertiary/aromatic N) is 1. The summed E-state index contributed by atoms with van der Waals surface area (Å²) in [6.07, 6.45) is 1.57. The average Bonchev–Trinajstić information content (AvgIpc) is 3.05. The van der Waals surface area contributed by atoms with E-state index in [0.29, 0.717) is 32.8 Å². The van der Waals surface area contributed by atoms with Gasteiger partial charge in [0.25, 0.3) is 11.1 Å². The van der Waals surface area contributed by atoms with Crippen LogP contribution in [0.15, 0.2) is 41.3 Å². The molecule has 3 rings (SSSR count). The number of carbonyl (C=O) groups excluding carboxylic acids is 3. The lowest BCUT2D eigenvalue weighted by atomic mass is 10.1. The molecule has 1 atom stereocenters. The van der Waals surface area contributed by atoms with Crippen LogP contribution in [0.25, 0.3) is 6.08 Å². The van der Waals surface area contributed by atoms with E-state index in [0.717, 1.165) is 16.7 Å². The molecule has 1 fully saturated rings. The third-order valence-electron chi connectivity index (χ3n) is 4.65. The van der Waals surface area contributed by atoms with Crippen LogP contribution in [0, 0.1) is 9.39 Å². The minimum absolute atomic E-state index is 0.150. The quantitative estimate of drug-likeness (QED) is 0.245. The van der Waals surface area contributed by atoms with Gasteiger partial charge in [-0.05, 0) is 89.7 Å². The fraction of sp³-hybridized carbons (Fsp3) is 0.261. The Kier molecular flexibility index (Phi) is 8.35. The third kappa shape index (κ3) is 5.85. The van der Waals surface area contributed by atoms with Crippen molar-refractivity contribution < 1.29 is 33.0 Å². The van der Waals surface area contributed by atoms with Gasteiger partial charge in [-0.15, -0.1) is 0 Å². The van der Waals surface area contributed by atoms with E-state index >= 15 is 0 Å². The van der Waals surface area contributed by atoms with E-state index in [9.17, 15) is 18.8 Å². The zero-order valence-corrected chi connectivity index (χ0v) is 21.1. The maximum Gasteiger partial charge on any atom is 0.328 e. The highest BCUT2D eigenvalue weighted by molar-refractivity contribution is 14.1. The fourth-order valence-corrected chi connectivity index (χ4v) is 4.79. The topological polar surface area (TPSA) is 82.1 Å². The van der Waals surface area contributed by atoms with Gasteiger partial charge >= 0.3 is 5.97 Å². The molecule has 1 heterocycles. The van der Waals surface area contributed by atoms with Crippen LogP contribution in [0.5, 0.6) is 11.5 Å². The Hall–Kier alpha value is -2.60. The molecule has 0 unspecified atom stereocenters. The van der Waals surface area contributed by atoms with Crippen LogP contribution in [-0.4, -0.2) is 41.8 Å². The standard InChI is InChI=1S/C23H21FINO6S/c1-4-31-18-10-15(9-17(25)20(18)32-12-14-6-5-7-16(24)8-14)11-19-21(27)26(23(29)33-19)13(2)22(28)30-3/h5-11,13H,4,12H2,1-3H3/b19-11+/t13-/m0/s1. The van der Waals surface area contributed by atoms with Crippen molar-refractivity contribution in [3.05, 3.63) is 61.8 Å². The molecular weight excluding hydrogens is 564 g/mol. The van der Waals surface area contributed by atoms with E-state index < -0.39 is 23.2 Å². The highest BCUT2D eigenvalue weighted by Gasteiger charge is 2.41. The zero-order valence-electron chi connectivity index (χ0n) is 18.1. The van der Waals surface area contributed by atoms with Gasteiger partial charge < -0.3 is 14.2 Å². The summed E-state index contributed by atoms with van der Waals surface area (Å²) in [6.45, 7) is 3.79. The molecular formula is C23H21FINO6S. The minimum atomic E-state index is -1.02. The number of halogens is 2. The maximum atomic E-state index is 13.4. The Morgan fingerprint density at radius 2 is 2.00 bits per heavy atom. The molecule has 1 aliphatic rings. The van der Waals surface area contributed by atoms with Crippen LogP contribution < -0.4 is 9.47 Å². The number of methoxy groups -OCH3 is 1. The van der Waals surface area contributed by atoms with Crippen molar-refractivity contribution in [2.45, 2.75) is 26.5 Å². The van der Waals surface area contributed by atoms with Gasteiger partial charge in [-0.3, -0.25) is 14.5 Å². The van der Waals surface area contributed by atoms with Crippen molar-refractivity contribution in [2.24, 2.45) is 0 Å². The Morgan fingerprint density at radius 3 is 2.67 bits per heavy atom. The van der Waals surface area contributed by atoms with E-state index in [1.165, 1.54) is 26.2 Å². The molecule has 1 saturated heterocycles. The molecule has 0 bridgehead atoms. The van der Waals surface area contributed by atoms with Gasteiger partial charge in [0.15, 0.2) is 11.5 Å². The molecule has 10 heteroatoms. The lowest BCUT2D eigenvalue weighted by molar-refractivity contribution is -0.148. The summed E-state index contributed by atoms with van der Waals surface area (Å²) in [5, 5.41) is -0.543. The molecule has 2 amide bonds. The summed E-state index contributed by atoms with van der Waals surface area (Å²) in [5.74, 6) is -0.643. The lowest BCUT2D eigenvalue weighted by Gasteiger charge is -2.18. The third-order valence-corrected chi connectivity index (χ3v) is 6.34. The molecule has 2 aromatic rings. The number of imide groups is 1. The molecule has 174 valence electrons. The van der Waals surface area contributed by atoms with Crippen LogP contribution >= 0.6 is 34.4 Å². The highest BCUT2D eigenvalue weighted by Crippen LogP contribution is 2.38. The van der Waals surface area contributed by atoms with E-state index in [4.69, 9.17) is 9.47 Å². The van der Waals surface area contributed by atoms with Crippen molar-refractivity contribution in [1.82, 2.24) is 4.90 Å². The van der Waals surface area contributed by atoms with Crippen molar-refractivity contribution in [2.75, 3.05) is 13.7 Å². The molecule has 0 saturated carbocycles. The second-order valence-electron chi connectivity index (χ2n) is 6.93. The number of hydrogen-bond donors (Lipinski definition) is 0. The van der Waals surface area contributed by atoms with E-state index in [2.05, 4.69) is 27.3 Å².